The maximum Gasteiger partial charge on any atom is 0.136 e. The van der Waals surface area contributed by atoms with Crippen LogP contribution in [0, 0.1) is 11.7 Å². The van der Waals surface area contributed by atoms with Crippen LogP contribution in [-0.4, -0.2) is 19.7 Å². The molecule has 2 nitrogen and oxygen atoms in total. The van der Waals surface area contributed by atoms with Crippen LogP contribution in [0.15, 0.2) is 22.7 Å². The quantitative estimate of drug-likeness (QED) is 0.812. The molecule has 0 aromatic heterocycles. The van der Waals surface area contributed by atoms with Crippen molar-refractivity contribution in [1.82, 2.24) is 5.32 Å². The highest BCUT2D eigenvalue weighted by Gasteiger charge is 2.02. The van der Waals surface area contributed by atoms with E-state index in [1.807, 2.05) is 0 Å². The number of nitrogens with one attached hydrogen (secondary N) is 1. The molecule has 4 heteroatoms. The van der Waals surface area contributed by atoms with Gasteiger partial charge in [-0.1, -0.05) is 13.8 Å². The summed E-state index contributed by atoms with van der Waals surface area (Å²) in [5.41, 5.74) is 0. The van der Waals surface area contributed by atoms with E-state index in [9.17, 15) is 4.39 Å². The molecular formula is C12H17BrFNO. The minimum Gasteiger partial charge on any atom is -0.491 e. The summed E-state index contributed by atoms with van der Waals surface area (Å²) >= 11 is 3.31. The van der Waals surface area contributed by atoms with Gasteiger partial charge in [-0.2, -0.15) is 0 Å². The van der Waals surface area contributed by atoms with Gasteiger partial charge < -0.3 is 10.1 Å². The van der Waals surface area contributed by atoms with E-state index in [1.165, 1.54) is 12.1 Å². The third-order valence-electron chi connectivity index (χ3n) is 1.98. The predicted octanol–water partition coefficient (Wildman–Crippen LogP) is 3.21. The van der Waals surface area contributed by atoms with E-state index >= 15 is 0 Å². The van der Waals surface area contributed by atoms with Crippen LogP contribution in [0.3, 0.4) is 0 Å². The lowest BCUT2D eigenvalue weighted by Gasteiger charge is -2.10. The van der Waals surface area contributed by atoms with E-state index in [2.05, 4.69) is 35.1 Å². The van der Waals surface area contributed by atoms with Crippen molar-refractivity contribution in [1.29, 1.82) is 0 Å². The number of rotatable bonds is 6. The van der Waals surface area contributed by atoms with E-state index in [0.717, 1.165) is 17.6 Å². The van der Waals surface area contributed by atoms with Gasteiger partial charge in [0.1, 0.15) is 18.2 Å². The molecule has 1 aromatic carbocycles. The van der Waals surface area contributed by atoms with Crippen LogP contribution < -0.4 is 10.1 Å². The van der Waals surface area contributed by atoms with Gasteiger partial charge in [0.25, 0.3) is 0 Å². The Hall–Kier alpha value is -0.610. The second-order valence-corrected chi connectivity index (χ2v) is 4.88. The van der Waals surface area contributed by atoms with E-state index in [1.54, 1.807) is 6.07 Å². The Kier molecular flexibility index (Phi) is 5.77. The molecule has 0 saturated carbocycles. The Labute approximate surface area is 104 Å². The fraction of sp³-hybridized carbons (Fsp3) is 0.500. The minimum absolute atomic E-state index is 0.284. The number of halogens is 2. The van der Waals surface area contributed by atoms with Crippen molar-refractivity contribution in [3.63, 3.8) is 0 Å². The van der Waals surface area contributed by atoms with Gasteiger partial charge in [0.2, 0.25) is 0 Å². The molecule has 16 heavy (non-hydrogen) atoms. The van der Waals surface area contributed by atoms with Crippen molar-refractivity contribution in [3.05, 3.63) is 28.5 Å². The molecule has 0 aliphatic rings. The van der Waals surface area contributed by atoms with Crippen LogP contribution in [0.25, 0.3) is 0 Å². The molecule has 0 heterocycles. The molecule has 90 valence electrons. The highest BCUT2D eigenvalue weighted by Crippen LogP contribution is 2.25. The van der Waals surface area contributed by atoms with Gasteiger partial charge in [0, 0.05) is 12.6 Å². The lowest BCUT2D eigenvalue weighted by atomic mass is 10.2. The van der Waals surface area contributed by atoms with Gasteiger partial charge in [0.05, 0.1) is 4.47 Å². The molecular weight excluding hydrogens is 273 g/mol. The topological polar surface area (TPSA) is 21.3 Å². The van der Waals surface area contributed by atoms with Crippen LogP contribution in [0.4, 0.5) is 4.39 Å². The summed E-state index contributed by atoms with van der Waals surface area (Å²) in [4.78, 5) is 0. The fourth-order valence-corrected chi connectivity index (χ4v) is 1.57. The third-order valence-corrected chi connectivity index (χ3v) is 2.64. The van der Waals surface area contributed by atoms with Crippen LogP contribution >= 0.6 is 15.9 Å². The van der Waals surface area contributed by atoms with Gasteiger partial charge in [-0.05, 0) is 40.5 Å². The zero-order valence-electron chi connectivity index (χ0n) is 9.59. The largest absolute Gasteiger partial charge is 0.491 e. The predicted molar refractivity (Wildman–Crippen MR) is 67.3 cm³/mol. The molecule has 1 aromatic rings. The summed E-state index contributed by atoms with van der Waals surface area (Å²) in [6.45, 7) is 6.57. The third kappa shape index (κ3) is 4.94. The molecule has 0 radical (unpaired) electrons. The molecule has 0 aliphatic heterocycles. The molecule has 0 bridgehead atoms. The molecule has 1 rings (SSSR count). The average Bonchev–Trinajstić information content (AvgIpc) is 2.22. The van der Waals surface area contributed by atoms with Crippen LogP contribution in [0.1, 0.15) is 13.8 Å². The smallest absolute Gasteiger partial charge is 0.136 e. The van der Waals surface area contributed by atoms with Crippen molar-refractivity contribution in [2.24, 2.45) is 5.92 Å². The molecule has 0 atom stereocenters. The highest BCUT2D eigenvalue weighted by molar-refractivity contribution is 9.10. The summed E-state index contributed by atoms with van der Waals surface area (Å²) in [7, 11) is 0. The lowest BCUT2D eigenvalue weighted by molar-refractivity contribution is 0.307. The van der Waals surface area contributed by atoms with Crippen molar-refractivity contribution in [2.75, 3.05) is 19.7 Å². The number of benzene rings is 1. The molecule has 1 N–H and O–H groups in total. The van der Waals surface area contributed by atoms with Crippen molar-refractivity contribution in [3.8, 4) is 5.75 Å². The number of hydrogen-bond donors (Lipinski definition) is 1. The van der Waals surface area contributed by atoms with Crippen LogP contribution in [0.5, 0.6) is 5.75 Å². The maximum absolute atomic E-state index is 12.9. The maximum atomic E-state index is 12.9. The van der Waals surface area contributed by atoms with E-state index in [4.69, 9.17) is 4.74 Å². The van der Waals surface area contributed by atoms with Gasteiger partial charge >= 0.3 is 0 Å². The zero-order valence-corrected chi connectivity index (χ0v) is 11.2. The number of ether oxygens (including phenoxy) is 1. The number of hydrogen-bond acceptors (Lipinski definition) is 2. The minimum atomic E-state index is -0.284. The molecule has 0 amide bonds. The molecule has 0 fully saturated rings. The van der Waals surface area contributed by atoms with Gasteiger partial charge in [-0.3, -0.25) is 0 Å². The van der Waals surface area contributed by atoms with Gasteiger partial charge in [-0.25, -0.2) is 4.39 Å². The van der Waals surface area contributed by atoms with Gasteiger partial charge in [0.15, 0.2) is 0 Å². The first-order chi connectivity index (χ1) is 7.59. The summed E-state index contributed by atoms with van der Waals surface area (Å²) in [6.07, 6.45) is 0. The van der Waals surface area contributed by atoms with Crippen molar-refractivity contribution < 1.29 is 9.13 Å². The van der Waals surface area contributed by atoms with Crippen molar-refractivity contribution in [2.45, 2.75) is 13.8 Å². The summed E-state index contributed by atoms with van der Waals surface area (Å²) in [5.74, 6) is 0.889. The normalized spacial score (nSPS) is 10.8. The van der Waals surface area contributed by atoms with Crippen molar-refractivity contribution >= 4 is 15.9 Å². The summed E-state index contributed by atoms with van der Waals surface area (Å²) in [6, 6.07) is 4.42. The summed E-state index contributed by atoms with van der Waals surface area (Å²) in [5, 5.41) is 3.26. The van der Waals surface area contributed by atoms with Crippen LogP contribution in [-0.2, 0) is 0 Å². The average molecular weight is 290 g/mol. The van der Waals surface area contributed by atoms with E-state index in [-0.39, 0.29) is 5.82 Å². The first kappa shape index (κ1) is 13.5. The van der Waals surface area contributed by atoms with Gasteiger partial charge in [-0.15, -0.1) is 0 Å². The zero-order chi connectivity index (χ0) is 12.0. The molecule has 0 unspecified atom stereocenters. The fourth-order valence-electron chi connectivity index (χ4n) is 1.21. The Balaban J connectivity index is 2.29. The van der Waals surface area contributed by atoms with E-state index in [0.29, 0.717) is 18.3 Å². The molecule has 0 spiro atoms. The Bertz CT molecular complexity index is 331. The Morgan fingerprint density at radius 3 is 2.88 bits per heavy atom. The van der Waals surface area contributed by atoms with Crippen LogP contribution in [0.2, 0.25) is 0 Å². The molecule has 0 saturated heterocycles. The highest BCUT2D eigenvalue weighted by atomic mass is 79.9. The lowest BCUT2D eigenvalue weighted by Crippen LogP contribution is -2.25. The second-order valence-electron chi connectivity index (χ2n) is 4.02. The van der Waals surface area contributed by atoms with E-state index < -0.39 is 0 Å². The molecule has 0 aliphatic carbocycles. The first-order valence-corrected chi connectivity index (χ1v) is 6.17. The Morgan fingerprint density at radius 2 is 2.19 bits per heavy atom. The SMILES string of the molecule is CC(C)CNCCOc1cc(F)ccc1Br. The second kappa shape index (κ2) is 6.86. The Morgan fingerprint density at radius 1 is 1.44 bits per heavy atom. The first-order valence-electron chi connectivity index (χ1n) is 5.38. The summed E-state index contributed by atoms with van der Waals surface area (Å²) < 4.78 is 19.1. The standard InChI is InChI=1S/C12H17BrFNO/c1-9(2)8-15-5-6-16-12-7-10(14)3-4-11(12)13/h3-4,7,9,15H,5-6,8H2,1-2H3. The monoisotopic (exact) mass is 289 g/mol.